The number of morpholine rings is 1. The SMILES string of the molecule is COc1nc(N2CCOCC2CO)cc(-n2ncc3cc(C)c(C4CCN(C(=O)O)CC4)cc32)n1. The number of anilines is 1. The molecule has 1 unspecified atom stereocenters. The summed E-state index contributed by atoms with van der Waals surface area (Å²) < 4.78 is 12.7. The number of aryl methyl sites for hydroxylation is 1. The average molecular weight is 483 g/mol. The lowest BCUT2D eigenvalue weighted by Gasteiger charge is -2.35. The Hall–Kier alpha value is -3.44. The molecule has 2 fully saturated rings. The van der Waals surface area contributed by atoms with Crippen LogP contribution >= 0.6 is 0 Å². The minimum atomic E-state index is -0.856. The molecule has 2 aromatic heterocycles. The molecule has 11 heteroatoms. The van der Waals surface area contributed by atoms with Gasteiger partial charge in [0.15, 0.2) is 5.82 Å². The van der Waals surface area contributed by atoms with Crippen LogP contribution in [0.2, 0.25) is 0 Å². The first-order chi connectivity index (χ1) is 17.0. The van der Waals surface area contributed by atoms with E-state index >= 15 is 0 Å². The number of amides is 1. The molecule has 0 aliphatic carbocycles. The van der Waals surface area contributed by atoms with Crippen molar-refractivity contribution < 1.29 is 24.5 Å². The van der Waals surface area contributed by atoms with Crippen LogP contribution in [0.5, 0.6) is 6.01 Å². The third kappa shape index (κ3) is 4.48. The first-order valence-electron chi connectivity index (χ1n) is 11.8. The summed E-state index contributed by atoms with van der Waals surface area (Å²) in [6, 6.07) is 6.15. The Kier molecular flexibility index (Phi) is 6.44. The van der Waals surface area contributed by atoms with Crippen molar-refractivity contribution in [2.75, 3.05) is 51.5 Å². The fourth-order valence-electron chi connectivity index (χ4n) is 5.06. The van der Waals surface area contributed by atoms with Crippen molar-refractivity contribution in [3.8, 4) is 11.8 Å². The van der Waals surface area contributed by atoms with Gasteiger partial charge < -0.3 is 29.5 Å². The van der Waals surface area contributed by atoms with Crippen LogP contribution in [0.15, 0.2) is 24.4 Å². The van der Waals surface area contributed by atoms with Crippen molar-refractivity contribution in [2.45, 2.75) is 31.7 Å². The third-order valence-corrected chi connectivity index (χ3v) is 6.97. The van der Waals surface area contributed by atoms with Gasteiger partial charge in [-0.2, -0.15) is 15.1 Å². The van der Waals surface area contributed by atoms with E-state index in [0.717, 1.165) is 23.7 Å². The first kappa shape index (κ1) is 23.3. The molecule has 0 radical (unpaired) electrons. The number of hydrogen-bond acceptors (Lipinski definition) is 8. The maximum atomic E-state index is 11.3. The highest BCUT2D eigenvalue weighted by atomic mass is 16.5. The smallest absolute Gasteiger partial charge is 0.407 e. The Morgan fingerprint density at radius 3 is 2.66 bits per heavy atom. The molecule has 186 valence electrons. The van der Waals surface area contributed by atoms with E-state index in [4.69, 9.17) is 9.47 Å². The van der Waals surface area contributed by atoms with Gasteiger partial charge in [-0.1, -0.05) is 0 Å². The Morgan fingerprint density at radius 2 is 1.94 bits per heavy atom. The molecule has 5 rings (SSSR count). The summed E-state index contributed by atoms with van der Waals surface area (Å²) in [5.41, 5.74) is 3.29. The minimum absolute atomic E-state index is 0.0459. The molecule has 2 aliphatic heterocycles. The molecule has 0 saturated carbocycles. The van der Waals surface area contributed by atoms with E-state index < -0.39 is 6.09 Å². The number of aromatic nitrogens is 4. The van der Waals surface area contributed by atoms with Gasteiger partial charge >= 0.3 is 12.1 Å². The lowest BCUT2D eigenvalue weighted by Crippen LogP contribution is -2.48. The number of aliphatic hydroxyl groups excluding tert-OH is 1. The molecule has 3 aromatic rings. The van der Waals surface area contributed by atoms with Gasteiger partial charge in [0, 0.05) is 31.1 Å². The van der Waals surface area contributed by atoms with E-state index in [1.165, 1.54) is 23.1 Å². The van der Waals surface area contributed by atoms with Crippen molar-refractivity contribution in [1.82, 2.24) is 24.6 Å². The summed E-state index contributed by atoms with van der Waals surface area (Å²) in [5.74, 6) is 1.50. The zero-order valence-corrected chi connectivity index (χ0v) is 19.9. The molecule has 1 amide bonds. The van der Waals surface area contributed by atoms with Crippen LogP contribution in [-0.4, -0.2) is 93.6 Å². The van der Waals surface area contributed by atoms with Crippen LogP contribution in [0.25, 0.3) is 16.7 Å². The molecular formula is C24H30N6O5. The lowest BCUT2D eigenvalue weighted by molar-refractivity contribution is 0.0722. The summed E-state index contributed by atoms with van der Waals surface area (Å²) in [6.45, 7) is 4.69. The number of piperidine rings is 1. The van der Waals surface area contributed by atoms with Gasteiger partial charge in [-0.15, -0.1) is 0 Å². The van der Waals surface area contributed by atoms with Gasteiger partial charge in [0.25, 0.3) is 0 Å². The van der Waals surface area contributed by atoms with Crippen LogP contribution in [-0.2, 0) is 4.74 Å². The van der Waals surface area contributed by atoms with E-state index in [9.17, 15) is 15.0 Å². The Morgan fingerprint density at radius 1 is 1.17 bits per heavy atom. The summed E-state index contributed by atoms with van der Waals surface area (Å²) in [7, 11) is 1.53. The van der Waals surface area contributed by atoms with Crippen molar-refractivity contribution in [1.29, 1.82) is 0 Å². The lowest BCUT2D eigenvalue weighted by atomic mass is 9.86. The normalized spacial score (nSPS) is 19.3. The molecule has 1 aromatic carbocycles. The number of nitrogens with zero attached hydrogens (tertiary/aromatic N) is 6. The monoisotopic (exact) mass is 482 g/mol. The quantitative estimate of drug-likeness (QED) is 0.563. The number of carboxylic acid groups (broad SMARTS) is 1. The largest absolute Gasteiger partial charge is 0.467 e. The fourth-order valence-corrected chi connectivity index (χ4v) is 5.06. The highest BCUT2D eigenvalue weighted by molar-refractivity contribution is 5.82. The fraction of sp³-hybridized carbons (Fsp3) is 0.500. The van der Waals surface area contributed by atoms with Gasteiger partial charge in [0.05, 0.1) is 44.7 Å². The number of hydrogen-bond donors (Lipinski definition) is 2. The molecule has 11 nitrogen and oxygen atoms in total. The highest BCUT2D eigenvalue weighted by Gasteiger charge is 2.27. The molecule has 4 heterocycles. The molecule has 2 saturated heterocycles. The van der Waals surface area contributed by atoms with Crippen LogP contribution in [0.1, 0.15) is 29.9 Å². The predicted octanol–water partition coefficient (Wildman–Crippen LogP) is 2.19. The van der Waals surface area contributed by atoms with Gasteiger partial charge in [-0.05, 0) is 48.9 Å². The van der Waals surface area contributed by atoms with E-state index in [1.807, 2.05) is 17.2 Å². The van der Waals surface area contributed by atoms with Gasteiger partial charge in [-0.3, -0.25) is 0 Å². The molecular weight excluding hydrogens is 452 g/mol. The Bertz CT molecular complexity index is 1220. The van der Waals surface area contributed by atoms with Gasteiger partial charge in [-0.25, -0.2) is 9.48 Å². The number of carbonyl (C=O) groups is 1. The van der Waals surface area contributed by atoms with E-state index in [0.29, 0.717) is 44.5 Å². The van der Waals surface area contributed by atoms with Crippen molar-refractivity contribution in [2.24, 2.45) is 0 Å². The molecule has 0 bridgehead atoms. The Balaban J connectivity index is 1.52. The number of likely N-dealkylation sites (tertiary alicyclic amines) is 1. The first-order valence-corrected chi connectivity index (χ1v) is 11.8. The standard InChI is InChI=1S/C24H30N6O5/c1-15-9-17-12-25-30(20(17)10-19(15)16-3-5-28(6-4-16)24(32)33)22-11-21(26-23(27-22)34-2)29-7-8-35-14-18(29)13-31/h9-12,16,18,31H,3-8,13-14H2,1-2H3,(H,32,33). The second kappa shape index (κ2) is 9.67. The molecule has 2 N–H and O–H groups in total. The zero-order valence-electron chi connectivity index (χ0n) is 19.9. The topological polar surface area (TPSA) is 126 Å². The number of aliphatic hydroxyl groups is 1. The van der Waals surface area contributed by atoms with Crippen molar-refractivity contribution in [3.63, 3.8) is 0 Å². The number of methoxy groups -OCH3 is 1. The van der Waals surface area contributed by atoms with Crippen molar-refractivity contribution >= 4 is 22.8 Å². The van der Waals surface area contributed by atoms with Crippen LogP contribution < -0.4 is 9.64 Å². The van der Waals surface area contributed by atoms with E-state index in [1.54, 1.807) is 4.68 Å². The second-order valence-electron chi connectivity index (χ2n) is 9.04. The summed E-state index contributed by atoms with van der Waals surface area (Å²) in [6.07, 6.45) is 2.54. The summed E-state index contributed by atoms with van der Waals surface area (Å²) >= 11 is 0. The molecule has 0 spiro atoms. The maximum Gasteiger partial charge on any atom is 0.407 e. The molecule has 2 aliphatic rings. The van der Waals surface area contributed by atoms with Gasteiger partial charge in [0.2, 0.25) is 0 Å². The average Bonchev–Trinajstić information content (AvgIpc) is 3.30. The Labute approximate surface area is 202 Å². The number of ether oxygens (including phenoxy) is 2. The van der Waals surface area contributed by atoms with Crippen molar-refractivity contribution in [3.05, 3.63) is 35.5 Å². The van der Waals surface area contributed by atoms with Crippen LogP contribution in [0.3, 0.4) is 0 Å². The summed E-state index contributed by atoms with van der Waals surface area (Å²) in [5, 5.41) is 24.7. The number of rotatable bonds is 5. The molecule has 35 heavy (non-hydrogen) atoms. The number of benzene rings is 1. The van der Waals surface area contributed by atoms with E-state index in [2.05, 4.69) is 34.1 Å². The summed E-state index contributed by atoms with van der Waals surface area (Å²) in [4.78, 5) is 23.9. The predicted molar refractivity (Wildman–Crippen MR) is 129 cm³/mol. The third-order valence-electron chi connectivity index (χ3n) is 6.97. The number of fused-ring (bicyclic) bond motifs is 1. The highest BCUT2D eigenvalue weighted by Crippen LogP contribution is 2.34. The van der Waals surface area contributed by atoms with Gasteiger partial charge in [0.1, 0.15) is 5.82 Å². The van der Waals surface area contributed by atoms with E-state index in [-0.39, 0.29) is 24.6 Å². The zero-order chi connectivity index (χ0) is 24.5. The van der Waals surface area contributed by atoms with Crippen LogP contribution in [0, 0.1) is 6.92 Å². The minimum Gasteiger partial charge on any atom is -0.467 e. The second-order valence-corrected chi connectivity index (χ2v) is 9.04. The maximum absolute atomic E-state index is 11.3. The molecule has 1 atom stereocenters. The van der Waals surface area contributed by atoms with Crippen LogP contribution in [0.4, 0.5) is 10.6 Å².